The van der Waals surface area contributed by atoms with Crippen LogP contribution in [0, 0.1) is 0 Å². The monoisotopic (exact) mass is 231 g/mol. The van der Waals surface area contributed by atoms with E-state index in [1.807, 2.05) is 25.1 Å². The number of halogens is 1. The highest BCUT2D eigenvalue weighted by Crippen LogP contribution is 2.14. The van der Waals surface area contributed by atoms with Crippen molar-refractivity contribution in [1.29, 1.82) is 0 Å². The molecule has 0 heterocycles. The minimum atomic E-state index is 0. The van der Waals surface area contributed by atoms with Gasteiger partial charge in [0.25, 0.3) is 0 Å². The largest absolute Gasteiger partial charge is 1.00 e. The van der Waals surface area contributed by atoms with Crippen molar-refractivity contribution in [2.45, 2.75) is 13.5 Å². The molecule has 1 aromatic carbocycles. The van der Waals surface area contributed by atoms with Crippen LogP contribution in [0.4, 0.5) is 0 Å². The summed E-state index contributed by atoms with van der Waals surface area (Å²) in [4.78, 5) is 10.9. The number of quaternary nitrogens is 1. The van der Waals surface area contributed by atoms with E-state index in [4.69, 9.17) is 9.68 Å². The van der Waals surface area contributed by atoms with Gasteiger partial charge in [0.15, 0.2) is 6.54 Å². The maximum atomic E-state index is 5.36. The van der Waals surface area contributed by atoms with Crippen LogP contribution in [-0.2, 0) is 16.2 Å². The van der Waals surface area contributed by atoms with Crippen molar-refractivity contribution in [3.63, 3.8) is 0 Å². The molecule has 0 aliphatic carbocycles. The van der Waals surface area contributed by atoms with E-state index in [1.54, 1.807) is 14.2 Å². The molecule has 0 aliphatic heterocycles. The van der Waals surface area contributed by atoms with Gasteiger partial charge in [0.2, 0.25) is 0 Å². The zero-order valence-electron chi connectivity index (χ0n) is 9.44. The van der Waals surface area contributed by atoms with Gasteiger partial charge in [-0.05, 0) is 11.7 Å². The van der Waals surface area contributed by atoms with Gasteiger partial charge in [-0.2, -0.15) is 9.68 Å². The second-order valence-corrected chi connectivity index (χ2v) is 3.14. The Kier molecular flexibility index (Phi) is 6.52. The molecule has 0 N–H and O–H groups in total. The van der Waals surface area contributed by atoms with Gasteiger partial charge in [0.05, 0.1) is 14.2 Å². The van der Waals surface area contributed by atoms with Crippen LogP contribution in [0.5, 0.6) is 0 Å². The Labute approximate surface area is 97.5 Å². The van der Waals surface area contributed by atoms with Crippen LogP contribution in [0.2, 0.25) is 0 Å². The zero-order valence-corrected chi connectivity index (χ0v) is 10.2. The lowest BCUT2D eigenvalue weighted by molar-refractivity contribution is -1.25. The average molecular weight is 232 g/mol. The molecular weight excluding hydrogens is 214 g/mol. The summed E-state index contributed by atoms with van der Waals surface area (Å²) in [7, 11) is 3.33. The molecule has 0 amide bonds. The molecule has 0 unspecified atom stereocenters. The predicted molar refractivity (Wildman–Crippen MR) is 55.0 cm³/mol. The van der Waals surface area contributed by atoms with E-state index >= 15 is 0 Å². The van der Waals surface area contributed by atoms with E-state index in [9.17, 15) is 0 Å². The average Bonchev–Trinajstić information content (AvgIpc) is 2.28. The van der Waals surface area contributed by atoms with Crippen molar-refractivity contribution >= 4 is 0 Å². The van der Waals surface area contributed by atoms with Gasteiger partial charge in [0, 0.05) is 5.56 Å². The predicted octanol–water partition coefficient (Wildman–Crippen LogP) is -0.850. The molecule has 3 nitrogen and oxygen atoms in total. The standard InChI is InChI=1S/C11H18NO2.ClH/c1-4-12(13-2,14-3)10-11-8-6-5-7-9-11;/h5-9H,4,10H2,1-3H3;1H/q+1;/p-1. The number of nitrogens with zero attached hydrogens (tertiary/aromatic N) is 1. The highest BCUT2D eigenvalue weighted by atomic mass is 35.5. The Hall–Kier alpha value is -0.610. The summed E-state index contributed by atoms with van der Waals surface area (Å²) < 4.78 is 0. The van der Waals surface area contributed by atoms with Gasteiger partial charge in [-0.15, -0.1) is 0 Å². The second kappa shape index (κ2) is 6.80. The normalized spacial score (nSPS) is 10.9. The molecule has 15 heavy (non-hydrogen) atoms. The van der Waals surface area contributed by atoms with Crippen molar-refractivity contribution in [3.05, 3.63) is 35.9 Å². The summed E-state index contributed by atoms with van der Waals surface area (Å²) in [6, 6.07) is 10.2. The van der Waals surface area contributed by atoms with E-state index in [0.717, 1.165) is 13.1 Å². The maximum absolute atomic E-state index is 5.36. The first kappa shape index (κ1) is 14.4. The van der Waals surface area contributed by atoms with Gasteiger partial charge in [0.1, 0.15) is 6.54 Å². The first-order chi connectivity index (χ1) is 6.76. The SMILES string of the molecule is CC[N+](Cc1ccccc1)(OC)OC.[Cl-]. The Morgan fingerprint density at radius 1 is 1.07 bits per heavy atom. The first-order valence-electron chi connectivity index (χ1n) is 4.79. The Balaban J connectivity index is 0.00000196. The molecule has 0 aliphatic rings. The lowest BCUT2D eigenvalue weighted by Crippen LogP contribution is -3.00. The lowest BCUT2D eigenvalue weighted by atomic mass is 10.2. The molecular formula is C11H18ClNO2. The van der Waals surface area contributed by atoms with Crippen LogP contribution >= 0.6 is 0 Å². The molecule has 1 rings (SSSR count). The zero-order chi connectivity index (χ0) is 10.4. The van der Waals surface area contributed by atoms with Crippen LogP contribution in [0.3, 0.4) is 0 Å². The summed E-state index contributed by atoms with van der Waals surface area (Å²) in [5.41, 5.74) is 1.21. The molecule has 1 aromatic rings. The number of hydroxylamine groups is 4. The smallest absolute Gasteiger partial charge is 0.168 e. The van der Waals surface area contributed by atoms with Crippen molar-refractivity contribution in [2.75, 3.05) is 20.8 Å². The third kappa shape index (κ3) is 3.80. The van der Waals surface area contributed by atoms with Crippen molar-refractivity contribution in [2.24, 2.45) is 0 Å². The fourth-order valence-electron chi connectivity index (χ4n) is 1.44. The molecule has 0 bridgehead atoms. The molecule has 0 fully saturated rings. The summed E-state index contributed by atoms with van der Waals surface area (Å²) in [6.45, 7) is 3.54. The van der Waals surface area contributed by atoms with Gasteiger partial charge >= 0.3 is 0 Å². The van der Waals surface area contributed by atoms with Gasteiger partial charge in [-0.1, -0.05) is 30.3 Å². The quantitative estimate of drug-likeness (QED) is 0.486. The maximum Gasteiger partial charge on any atom is 0.168 e. The fraction of sp³-hybridized carbons (Fsp3) is 0.455. The molecule has 86 valence electrons. The summed E-state index contributed by atoms with van der Waals surface area (Å²) in [5, 5.41) is 0. The van der Waals surface area contributed by atoms with Gasteiger partial charge in [-0.25, -0.2) is 0 Å². The Bertz CT molecular complexity index is 254. The molecule has 4 heteroatoms. The molecule has 0 radical (unpaired) electrons. The van der Waals surface area contributed by atoms with E-state index in [-0.39, 0.29) is 17.2 Å². The van der Waals surface area contributed by atoms with E-state index < -0.39 is 0 Å². The molecule has 0 saturated heterocycles. The second-order valence-electron chi connectivity index (χ2n) is 3.14. The summed E-state index contributed by atoms with van der Waals surface area (Å²) in [5.74, 6) is 0. The van der Waals surface area contributed by atoms with Crippen LogP contribution in [0.25, 0.3) is 0 Å². The third-order valence-electron chi connectivity index (χ3n) is 2.41. The van der Waals surface area contributed by atoms with Crippen molar-refractivity contribution < 1.29 is 26.9 Å². The molecule has 0 saturated carbocycles. The third-order valence-corrected chi connectivity index (χ3v) is 2.41. The number of hydrogen-bond acceptors (Lipinski definition) is 2. The van der Waals surface area contributed by atoms with Crippen molar-refractivity contribution in [3.8, 4) is 0 Å². The van der Waals surface area contributed by atoms with E-state index in [2.05, 4.69) is 12.1 Å². The highest BCUT2D eigenvalue weighted by molar-refractivity contribution is 5.13. The minimum absolute atomic E-state index is 0. The van der Waals surface area contributed by atoms with Gasteiger partial charge in [-0.3, -0.25) is 0 Å². The minimum Gasteiger partial charge on any atom is -1.00 e. The lowest BCUT2D eigenvalue weighted by Gasteiger charge is -2.28. The fourth-order valence-corrected chi connectivity index (χ4v) is 1.44. The van der Waals surface area contributed by atoms with Crippen LogP contribution < -0.4 is 12.4 Å². The molecule has 0 atom stereocenters. The summed E-state index contributed by atoms with van der Waals surface area (Å²) in [6.07, 6.45) is 0. The Morgan fingerprint density at radius 2 is 1.60 bits per heavy atom. The molecule has 0 aromatic heterocycles. The van der Waals surface area contributed by atoms with E-state index in [1.165, 1.54) is 5.56 Å². The highest BCUT2D eigenvalue weighted by Gasteiger charge is 2.27. The van der Waals surface area contributed by atoms with Crippen LogP contribution in [0.15, 0.2) is 30.3 Å². The van der Waals surface area contributed by atoms with Crippen LogP contribution in [0.1, 0.15) is 12.5 Å². The number of rotatable bonds is 5. The van der Waals surface area contributed by atoms with Crippen molar-refractivity contribution in [1.82, 2.24) is 0 Å². The first-order valence-corrected chi connectivity index (χ1v) is 4.79. The Morgan fingerprint density at radius 3 is 2.00 bits per heavy atom. The summed E-state index contributed by atoms with van der Waals surface area (Å²) >= 11 is 0. The number of benzene rings is 1. The van der Waals surface area contributed by atoms with Crippen LogP contribution in [-0.4, -0.2) is 25.6 Å². The molecule has 0 spiro atoms. The number of hydrogen-bond donors (Lipinski definition) is 0. The van der Waals surface area contributed by atoms with Gasteiger partial charge < -0.3 is 12.4 Å². The topological polar surface area (TPSA) is 18.5 Å². The van der Waals surface area contributed by atoms with E-state index in [0.29, 0.717) is 0 Å².